The van der Waals surface area contributed by atoms with Crippen LogP contribution in [0.25, 0.3) is 0 Å². The third kappa shape index (κ3) is 3.03. The molecule has 0 spiro atoms. The quantitative estimate of drug-likeness (QED) is 0.847. The van der Waals surface area contributed by atoms with Gasteiger partial charge in [-0.3, -0.25) is 9.59 Å². The smallest absolute Gasteiger partial charge is 0.338 e. The summed E-state index contributed by atoms with van der Waals surface area (Å²) < 4.78 is 5.18. The monoisotopic (exact) mass is 290 g/mol. The molecule has 0 aromatic heterocycles. The van der Waals surface area contributed by atoms with Gasteiger partial charge in [0.15, 0.2) is 5.78 Å². The van der Waals surface area contributed by atoms with E-state index in [0.29, 0.717) is 5.56 Å². The van der Waals surface area contributed by atoms with Gasteiger partial charge in [0, 0.05) is 12.3 Å². The van der Waals surface area contributed by atoms with Crippen molar-refractivity contribution < 1.29 is 24.2 Å². The molecule has 0 saturated heterocycles. The lowest BCUT2D eigenvalue weighted by Gasteiger charge is -2.25. The van der Waals surface area contributed by atoms with E-state index >= 15 is 0 Å². The Morgan fingerprint density at radius 3 is 2.52 bits per heavy atom. The Labute approximate surface area is 122 Å². The van der Waals surface area contributed by atoms with Gasteiger partial charge in [0.2, 0.25) is 0 Å². The fourth-order valence-electron chi connectivity index (χ4n) is 2.92. The Morgan fingerprint density at radius 1 is 1.33 bits per heavy atom. The van der Waals surface area contributed by atoms with E-state index in [1.165, 1.54) is 13.8 Å². The maximum Gasteiger partial charge on any atom is 0.338 e. The average molecular weight is 290 g/mol. The van der Waals surface area contributed by atoms with Crippen LogP contribution in [0.5, 0.6) is 0 Å². The molecule has 1 aliphatic carbocycles. The van der Waals surface area contributed by atoms with Crippen LogP contribution in [0.3, 0.4) is 0 Å². The number of ether oxygens (including phenoxy) is 1. The summed E-state index contributed by atoms with van der Waals surface area (Å²) in [7, 11) is 0. The topological polar surface area (TPSA) is 80.7 Å². The number of Topliss-reactive ketones (excluding diaryl/α,β-unsaturated/α-hetero) is 2. The molecule has 0 amide bonds. The lowest BCUT2D eigenvalue weighted by atomic mass is 9.84. The highest BCUT2D eigenvalue weighted by atomic mass is 16.5. The molecule has 1 aromatic rings. The Morgan fingerprint density at radius 2 is 1.95 bits per heavy atom. The van der Waals surface area contributed by atoms with Crippen LogP contribution in [0.1, 0.15) is 30.6 Å². The molecule has 5 nitrogen and oxygen atoms in total. The van der Waals surface area contributed by atoms with Gasteiger partial charge in [0.05, 0.1) is 18.1 Å². The molecule has 1 fully saturated rings. The highest BCUT2D eigenvalue weighted by Crippen LogP contribution is 2.38. The fraction of sp³-hybridized carbons (Fsp3) is 0.438. The van der Waals surface area contributed by atoms with Crippen molar-refractivity contribution in [3.8, 4) is 0 Å². The second-order valence-electron chi connectivity index (χ2n) is 5.59. The standard InChI is InChI=1S/C16H18O5/c1-10(17)14-12(8-13(18)16(14,2)20)9-21-15(19)11-6-4-3-5-7-11/h3-7,12,14,20H,8-9H2,1-2H3/t12-,14-,16-/m0/s1. The van der Waals surface area contributed by atoms with Crippen molar-refractivity contribution >= 4 is 17.5 Å². The summed E-state index contributed by atoms with van der Waals surface area (Å²) in [5.74, 6) is -2.46. The summed E-state index contributed by atoms with van der Waals surface area (Å²) in [5.41, 5.74) is -1.26. The molecule has 0 unspecified atom stereocenters. The van der Waals surface area contributed by atoms with E-state index in [0.717, 1.165) is 0 Å². The van der Waals surface area contributed by atoms with Crippen LogP contribution in [0.4, 0.5) is 0 Å². The minimum atomic E-state index is -1.67. The Balaban J connectivity index is 2.05. The number of carbonyl (C=O) groups is 3. The first-order valence-electron chi connectivity index (χ1n) is 6.82. The number of ketones is 2. The van der Waals surface area contributed by atoms with E-state index in [1.807, 2.05) is 0 Å². The molecule has 1 N–H and O–H groups in total. The van der Waals surface area contributed by atoms with Crippen molar-refractivity contribution in [2.24, 2.45) is 11.8 Å². The highest BCUT2D eigenvalue weighted by molar-refractivity contribution is 5.97. The van der Waals surface area contributed by atoms with Crippen LogP contribution < -0.4 is 0 Å². The molecule has 3 atom stereocenters. The Kier molecular flexibility index (Phi) is 4.23. The molecule has 112 valence electrons. The van der Waals surface area contributed by atoms with Crippen LogP contribution in [-0.4, -0.2) is 34.9 Å². The maximum absolute atomic E-state index is 11.9. The summed E-state index contributed by atoms with van der Waals surface area (Å²) in [6, 6.07) is 8.48. The predicted octanol–water partition coefficient (Wildman–Crippen LogP) is 1.39. The van der Waals surface area contributed by atoms with Gasteiger partial charge < -0.3 is 9.84 Å². The maximum atomic E-state index is 11.9. The molecule has 2 rings (SSSR count). The van der Waals surface area contributed by atoms with Gasteiger partial charge in [-0.2, -0.15) is 0 Å². The molecule has 0 heterocycles. The number of benzene rings is 1. The first-order chi connectivity index (χ1) is 9.84. The average Bonchev–Trinajstić information content (AvgIpc) is 2.67. The third-order valence-corrected chi connectivity index (χ3v) is 3.97. The molecule has 0 aliphatic heterocycles. The van der Waals surface area contributed by atoms with Crippen molar-refractivity contribution in [3.63, 3.8) is 0 Å². The number of carbonyl (C=O) groups excluding carboxylic acids is 3. The SMILES string of the molecule is CC(=O)[C@H]1[C@H](COC(=O)c2ccccc2)CC(=O)[C@]1(C)O. The first kappa shape index (κ1) is 15.4. The Bertz CT molecular complexity index is 561. The minimum Gasteiger partial charge on any atom is -0.462 e. The van der Waals surface area contributed by atoms with E-state index in [9.17, 15) is 19.5 Å². The summed E-state index contributed by atoms with van der Waals surface area (Å²) in [5, 5.41) is 10.1. The summed E-state index contributed by atoms with van der Waals surface area (Å²) in [6.45, 7) is 2.63. The van der Waals surface area contributed by atoms with E-state index in [1.54, 1.807) is 30.3 Å². The molecule has 1 saturated carbocycles. The molecule has 5 heteroatoms. The third-order valence-electron chi connectivity index (χ3n) is 3.97. The van der Waals surface area contributed by atoms with Gasteiger partial charge in [-0.05, 0) is 26.0 Å². The number of rotatable bonds is 4. The normalized spacial score (nSPS) is 28.4. The first-order valence-corrected chi connectivity index (χ1v) is 6.82. The lowest BCUT2D eigenvalue weighted by molar-refractivity contribution is -0.141. The van der Waals surface area contributed by atoms with Crippen LogP contribution >= 0.6 is 0 Å². The van der Waals surface area contributed by atoms with Crippen LogP contribution in [0, 0.1) is 11.8 Å². The Hall–Kier alpha value is -2.01. The molecular weight excluding hydrogens is 272 g/mol. The molecule has 0 radical (unpaired) electrons. The molecule has 21 heavy (non-hydrogen) atoms. The van der Waals surface area contributed by atoms with Crippen LogP contribution in [-0.2, 0) is 14.3 Å². The second kappa shape index (κ2) is 5.77. The van der Waals surface area contributed by atoms with Crippen LogP contribution in [0.2, 0.25) is 0 Å². The van der Waals surface area contributed by atoms with Gasteiger partial charge in [-0.1, -0.05) is 18.2 Å². The molecule has 1 aromatic carbocycles. The molecular formula is C16H18O5. The largest absolute Gasteiger partial charge is 0.462 e. The van der Waals surface area contributed by atoms with Gasteiger partial charge in [-0.15, -0.1) is 0 Å². The fourth-order valence-corrected chi connectivity index (χ4v) is 2.92. The van der Waals surface area contributed by atoms with Crippen molar-refractivity contribution in [2.75, 3.05) is 6.61 Å². The van der Waals surface area contributed by atoms with E-state index in [4.69, 9.17) is 4.74 Å². The zero-order valence-corrected chi connectivity index (χ0v) is 12.0. The number of esters is 1. The van der Waals surface area contributed by atoms with Gasteiger partial charge in [-0.25, -0.2) is 4.79 Å². The number of hydrogen-bond acceptors (Lipinski definition) is 5. The number of aliphatic hydroxyl groups is 1. The van der Waals surface area contributed by atoms with Crippen molar-refractivity contribution in [1.29, 1.82) is 0 Å². The summed E-state index contributed by atoms with van der Waals surface area (Å²) in [6.07, 6.45) is 0.0410. The van der Waals surface area contributed by atoms with Crippen molar-refractivity contribution in [1.82, 2.24) is 0 Å². The minimum absolute atomic E-state index is 0.0410. The van der Waals surface area contributed by atoms with Crippen LogP contribution in [0.15, 0.2) is 30.3 Å². The highest BCUT2D eigenvalue weighted by Gasteiger charge is 2.53. The predicted molar refractivity (Wildman–Crippen MR) is 74.6 cm³/mol. The van der Waals surface area contributed by atoms with Crippen molar-refractivity contribution in [3.05, 3.63) is 35.9 Å². The van der Waals surface area contributed by atoms with Gasteiger partial charge in [0.1, 0.15) is 11.4 Å². The zero-order valence-electron chi connectivity index (χ0n) is 12.0. The van der Waals surface area contributed by atoms with Gasteiger partial charge in [0.25, 0.3) is 0 Å². The van der Waals surface area contributed by atoms with E-state index < -0.39 is 23.4 Å². The second-order valence-corrected chi connectivity index (χ2v) is 5.59. The summed E-state index contributed by atoms with van der Waals surface area (Å²) >= 11 is 0. The van der Waals surface area contributed by atoms with E-state index in [-0.39, 0.29) is 24.6 Å². The van der Waals surface area contributed by atoms with E-state index in [2.05, 4.69) is 0 Å². The summed E-state index contributed by atoms with van der Waals surface area (Å²) in [4.78, 5) is 35.3. The zero-order chi connectivity index (χ0) is 15.6. The van der Waals surface area contributed by atoms with Crippen molar-refractivity contribution in [2.45, 2.75) is 25.9 Å². The molecule has 0 bridgehead atoms. The van der Waals surface area contributed by atoms with Gasteiger partial charge >= 0.3 is 5.97 Å². The number of hydrogen-bond donors (Lipinski definition) is 1. The molecule has 1 aliphatic rings. The lowest BCUT2D eigenvalue weighted by Crippen LogP contribution is -2.42.